The Morgan fingerprint density at radius 2 is 1.43 bits per heavy atom. The second kappa shape index (κ2) is 29.7. The summed E-state index contributed by atoms with van der Waals surface area (Å²) in [7, 11) is 1.36. The molecule has 0 radical (unpaired) electrons. The molecular formula is C48H78N10O14. The molecule has 24 heteroatoms. The van der Waals surface area contributed by atoms with Crippen LogP contribution in [0.25, 0.3) is 0 Å². The van der Waals surface area contributed by atoms with Gasteiger partial charge >= 0.3 is 18.1 Å². The van der Waals surface area contributed by atoms with Crippen molar-refractivity contribution in [3.8, 4) is 0 Å². The smallest absolute Gasteiger partial charge is 0.411 e. The number of likely N-dealkylation sites (N-methyl/N-ethyl adjacent to an activating group) is 1. The van der Waals surface area contributed by atoms with Crippen molar-refractivity contribution in [1.29, 1.82) is 0 Å². The molecule has 7 atom stereocenters. The van der Waals surface area contributed by atoms with E-state index in [1.54, 1.807) is 48.5 Å². The van der Waals surface area contributed by atoms with Gasteiger partial charge in [-0.15, -0.1) is 0 Å². The van der Waals surface area contributed by atoms with E-state index in [-0.39, 0.29) is 74.9 Å². The van der Waals surface area contributed by atoms with Crippen LogP contribution < -0.4 is 48.3 Å². The molecule has 10 amide bonds. The number of nitrogens with two attached hydrogens (primary N) is 1. The number of primary amides is 1. The Bertz CT molecular complexity index is 2030. The third-order valence-corrected chi connectivity index (χ3v) is 10.8. The van der Waals surface area contributed by atoms with Crippen molar-refractivity contribution in [2.75, 3.05) is 45.2 Å². The Hall–Kier alpha value is -6.56. The average Bonchev–Trinajstić information content (AvgIpc) is 3.27. The third-order valence-electron chi connectivity index (χ3n) is 10.8. The predicted octanol–water partition coefficient (Wildman–Crippen LogP) is 0.614. The Kier molecular flexibility index (Phi) is 25.4. The first kappa shape index (κ1) is 61.6. The van der Waals surface area contributed by atoms with Crippen molar-refractivity contribution >= 4 is 65.1 Å². The molecule has 11 N–H and O–H groups in total. The standard InChI is InChI=1S/C48H78N10O14/c1-26(2)22-51-44(66)39(28(5)6)58(11)47(69)71-40(45(67)52-23-36(61)54-32-21-33(60)25-70-24-32)30-14-16-31(17-15-30)55-41(63)34(13-12-20-50-46(49)68)56-43(65)38(27(3)4)57-42(64)35(53-29(7)59)18-19-37(62)72-48(8,9)10/h14-17,26-28,32-35,38-40,60H,12-13,18-25H2,1-11H3,(H,51,66)(H,52,67)(H,53,59)(H,54,61)(H,55,63)(H,56,65)(H,57,64)(H3,49,50,68)/t32-,33+,34+,35+,38+,39+,40?/m1/s1. The maximum atomic E-state index is 13.9. The molecule has 1 aromatic rings. The number of aliphatic hydroxyl groups is 1. The lowest BCUT2D eigenvalue weighted by Gasteiger charge is -2.31. The first-order valence-corrected chi connectivity index (χ1v) is 24.2. The minimum atomic E-state index is -1.68. The molecule has 1 aliphatic heterocycles. The van der Waals surface area contributed by atoms with Gasteiger partial charge in [0.05, 0.1) is 31.9 Å². The van der Waals surface area contributed by atoms with E-state index in [1.165, 1.54) is 38.2 Å². The first-order chi connectivity index (χ1) is 33.6. The van der Waals surface area contributed by atoms with Gasteiger partial charge in [-0.1, -0.05) is 53.7 Å². The van der Waals surface area contributed by atoms with Gasteiger partial charge < -0.3 is 67.6 Å². The number of carbonyl (C=O) groups is 10. The number of rotatable bonds is 26. The van der Waals surface area contributed by atoms with E-state index in [4.69, 9.17) is 19.9 Å². The van der Waals surface area contributed by atoms with Gasteiger partial charge in [-0.05, 0) is 76.3 Å². The Morgan fingerprint density at radius 3 is 1.99 bits per heavy atom. The molecule has 0 aromatic heterocycles. The minimum absolute atomic E-state index is 0.0282. The number of amides is 10. The van der Waals surface area contributed by atoms with Gasteiger partial charge in [-0.2, -0.15) is 0 Å². The lowest BCUT2D eigenvalue weighted by molar-refractivity contribution is -0.155. The monoisotopic (exact) mass is 1020 g/mol. The number of hydrogen-bond acceptors (Lipinski definition) is 14. The highest BCUT2D eigenvalue weighted by Crippen LogP contribution is 2.23. The maximum Gasteiger partial charge on any atom is 0.411 e. The summed E-state index contributed by atoms with van der Waals surface area (Å²) in [6.45, 7) is 17.0. The van der Waals surface area contributed by atoms with E-state index in [1.807, 2.05) is 13.8 Å². The molecule has 1 saturated heterocycles. The average molecular weight is 1020 g/mol. The highest BCUT2D eigenvalue weighted by atomic mass is 16.6. The van der Waals surface area contributed by atoms with Gasteiger partial charge in [0.1, 0.15) is 29.8 Å². The van der Waals surface area contributed by atoms with E-state index in [0.29, 0.717) is 6.54 Å². The van der Waals surface area contributed by atoms with E-state index < -0.39 is 120 Å². The molecule has 72 heavy (non-hydrogen) atoms. The summed E-state index contributed by atoms with van der Waals surface area (Å²) in [5, 5.41) is 30.8. The Balaban J connectivity index is 2.39. The van der Waals surface area contributed by atoms with Gasteiger partial charge in [-0.25, -0.2) is 9.59 Å². The van der Waals surface area contributed by atoms with Crippen LogP contribution >= 0.6 is 0 Å². The quantitative estimate of drug-likeness (QED) is 0.0450. The van der Waals surface area contributed by atoms with Crippen molar-refractivity contribution in [1.82, 2.24) is 42.1 Å². The van der Waals surface area contributed by atoms with Gasteiger partial charge in [0.15, 0.2) is 0 Å². The molecule has 1 unspecified atom stereocenters. The number of esters is 1. The number of aliphatic hydroxyl groups excluding tert-OH is 1. The fraction of sp³-hybridized carbons (Fsp3) is 0.667. The topological polar surface area (TPSA) is 344 Å². The van der Waals surface area contributed by atoms with Crippen LogP contribution in [0.1, 0.15) is 113 Å². The fourth-order valence-corrected chi connectivity index (χ4v) is 7.33. The molecule has 0 spiro atoms. The van der Waals surface area contributed by atoms with E-state index in [0.717, 1.165) is 4.90 Å². The summed E-state index contributed by atoms with van der Waals surface area (Å²) in [6, 6.07) is -0.456. The first-order valence-electron chi connectivity index (χ1n) is 24.2. The number of anilines is 1. The SMILES string of the molecule is CC(=O)N[C@@H](CCC(=O)OC(C)(C)C)C(=O)N[C@H](C(=O)N[C@@H](CCCNC(N)=O)C(=O)Nc1ccc(C(OC(=O)N(C)[C@H](C(=O)NCC(C)C)C(C)C)C(=O)NCC(=O)N[C@H]2COC[C@@H](O)C2)cc1)C(C)C. The lowest BCUT2D eigenvalue weighted by Crippen LogP contribution is -2.57. The Morgan fingerprint density at radius 1 is 0.792 bits per heavy atom. The summed E-state index contributed by atoms with van der Waals surface area (Å²) in [5.74, 6) is -6.13. The summed E-state index contributed by atoms with van der Waals surface area (Å²) in [5.41, 5.74) is 4.70. The number of benzene rings is 1. The summed E-state index contributed by atoms with van der Waals surface area (Å²) in [4.78, 5) is 132. The van der Waals surface area contributed by atoms with Crippen molar-refractivity contribution in [2.45, 2.75) is 149 Å². The van der Waals surface area contributed by atoms with Crippen LogP contribution in [0.5, 0.6) is 0 Å². The van der Waals surface area contributed by atoms with Crippen molar-refractivity contribution in [2.24, 2.45) is 23.5 Å². The number of hydrogen-bond donors (Lipinski definition) is 10. The second-order valence-electron chi connectivity index (χ2n) is 19.8. The predicted molar refractivity (Wildman–Crippen MR) is 263 cm³/mol. The fourth-order valence-electron chi connectivity index (χ4n) is 7.33. The van der Waals surface area contributed by atoms with Gasteiger partial charge in [0.2, 0.25) is 41.5 Å². The third kappa shape index (κ3) is 22.7. The number of carbonyl (C=O) groups excluding carboxylic acids is 10. The molecule has 1 fully saturated rings. The molecule has 2 rings (SSSR count). The van der Waals surface area contributed by atoms with Gasteiger partial charge in [-0.3, -0.25) is 43.3 Å². The highest BCUT2D eigenvalue weighted by molar-refractivity contribution is 5.99. The zero-order valence-corrected chi connectivity index (χ0v) is 43.4. The molecule has 1 heterocycles. The molecule has 0 saturated carbocycles. The molecular weight excluding hydrogens is 941 g/mol. The van der Waals surface area contributed by atoms with Crippen molar-refractivity contribution in [3.63, 3.8) is 0 Å². The number of urea groups is 1. The van der Waals surface area contributed by atoms with E-state index >= 15 is 0 Å². The molecule has 1 aliphatic rings. The van der Waals surface area contributed by atoms with Gasteiger partial charge in [0, 0.05) is 44.7 Å². The van der Waals surface area contributed by atoms with Gasteiger partial charge in [0.25, 0.3) is 5.91 Å². The Labute approximate surface area is 421 Å². The molecule has 24 nitrogen and oxygen atoms in total. The molecule has 0 bridgehead atoms. The maximum absolute atomic E-state index is 13.9. The van der Waals surface area contributed by atoms with E-state index in [2.05, 4.69) is 42.5 Å². The van der Waals surface area contributed by atoms with Crippen LogP contribution in [0.3, 0.4) is 0 Å². The normalized spacial score (nSPS) is 16.7. The minimum Gasteiger partial charge on any atom is -0.460 e. The summed E-state index contributed by atoms with van der Waals surface area (Å²) >= 11 is 0. The zero-order chi connectivity index (χ0) is 54.5. The van der Waals surface area contributed by atoms with Crippen LogP contribution in [-0.2, 0) is 52.6 Å². The highest BCUT2D eigenvalue weighted by Gasteiger charge is 2.36. The summed E-state index contributed by atoms with van der Waals surface area (Å²) in [6.07, 6.45) is -3.46. The molecule has 0 aliphatic carbocycles. The molecule has 404 valence electrons. The van der Waals surface area contributed by atoms with Crippen molar-refractivity contribution < 1.29 is 67.3 Å². The number of nitrogens with zero attached hydrogens (tertiary/aromatic N) is 1. The zero-order valence-electron chi connectivity index (χ0n) is 43.4. The van der Waals surface area contributed by atoms with Crippen molar-refractivity contribution in [3.05, 3.63) is 29.8 Å². The van der Waals surface area contributed by atoms with Crippen LogP contribution in [0.4, 0.5) is 15.3 Å². The largest absolute Gasteiger partial charge is 0.460 e. The van der Waals surface area contributed by atoms with E-state index in [9.17, 15) is 53.1 Å². The summed E-state index contributed by atoms with van der Waals surface area (Å²) < 4.78 is 16.4. The van der Waals surface area contributed by atoms with Crippen LogP contribution in [-0.4, -0.2) is 151 Å². The second-order valence-corrected chi connectivity index (χ2v) is 19.8. The van der Waals surface area contributed by atoms with Crippen LogP contribution in [0, 0.1) is 17.8 Å². The number of ether oxygens (including phenoxy) is 3. The molecule has 1 aromatic carbocycles. The van der Waals surface area contributed by atoms with Crippen LogP contribution in [0.2, 0.25) is 0 Å². The lowest BCUT2D eigenvalue weighted by atomic mass is 10.0. The number of nitrogens with one attached hydrogen (secondary N) is 8. The van der Waals surface area contributed by atoms with Crippen LogP contribution in [0.15, 0.2) is 24.3 Å².